The van der Waals surface area contributed by atoms with Crippen LogP contribution in [0.25, 0.3) is 0 Å². The lowest BCUT2D eigenvalue weighted by Crippen LogP contribution is -2.39. The van der Waals surface area contributed by atoms with Crippen LogP contribution in [0, 0.1) is 0 Å². The van der Waals surface area contributed by atoms with E-state index < -0.39 is 12.0 Å². The van der Waals surface area contributed by atoms with Crippen LogP contribution < -0.4 is 20.1 Å². The largest absolute Gasteiger partial charge is 0.495 e. The smallest absolute Gasteiger partial charge is 0.334 e. The van der Waals surface area contributed by atoms with Crippen LogP contribution in [0.1, 0.15) is 6.42 Å². The number of nitrogens with one attached hydrogen (secondary N) is 2. The minimum atomic E-state index is -0.759. The van der Waals surface area contributed by atoms with Gasteiger partial charge in [-0.2, -0.15) is 0 Å². The summed E-state index contributed by atoms with van der Waals surface area (Å²) in [5.41, 5.74) is 1.12. The van der Waals surface area contributed by atoms with E-state index in [-0.39, 0.29) is 12.3 Å². The Morgan fingerprint density at radius 3 is 2.92 bits per heavy atom. The highest BCUT2D eigenvalue weighted by molar-refractivity contribution is 6.31. The van der Waals surface area contributed by atoms with Crippen molar-refractivity contribution in [2.75, 3.05) is 17.7 Å². The molecular weight excluding hydrogens is 332 g/mol. The van der Waals surface area contributed by atoms with Gasteiger partial charge in [-0.25, -0.2) is 4.79 Å². The summed E-state index contributed by atoms with van der Waals surface area (Å²) in [6.07, 6.45) is -0.0805. The minimum Gasteiger partial charge on any atom is -0.495 e. The highest BCUT2D eigenvalue weighted by atomic mass is 35.5. The highest BCUT2D eigenvalue weighted by Gasteiger charge is 2.29. The zero-order chi connectivity index (χ0) is 17.1. The summed E-state index contributed by atoms with van der Waals surface area (Å²) < 4.78 is 10.4. The quantitative estimate of drug-likeness (QED) is 0.657. The molecule has 0 fully saturated rings. The van der Waals surface area contributed by atoms with E-state index in [1.54, 1.807) is 36.4 Å². The number of amides is 1. The number of benzene rings is 2. The SMILES string of the molecule is COc1ccc(Cl)cc1NC(=O)CC1Nc2ccccc2OC1=O. The van der Waals surface area contributed by atoms with Gasteiger partial charge in [-0.3, -0.25) is 4.79 Å². The maximum Gasteiger partial charge on any atom is 0.334 e. The first-order valence-corrected chi connectivity index (χ1v) is 7.65. The van der Waals surface area contributed by atoms with E-state index >= 15 is 0 Å². The fourth-order valence-corrected chi connectivity index (χ4v) is 2.57. The molecule has 7 heteroatoms. The van der Waals surface area contributed by atoms with Crippen LogP contribution >= 0.6 is 11.6 Å². The molecule has 3 rings (SSSR count). The van der Waals surface area contributed by atoms with Crippen molar-refractivity contribution in [3.05, 3.63) is 47.5 Å². The molecule has 0 radical (unpaired) electrons. The van der Waals surface area contributed by atoms with Crippen LogP contribution in [-0.2, 0) is 9.59 Å². The van der Waals surface area contributed by atoms with Gasteiger partial charge in [0.2, 0.25) is 5.91 Å². The predicted octanol–water partition coefficient (Wildman–Crippen LogP) is 3.08. The predicted molar refractivity (Wildman–Crippen MR) is 90.7 cm³/mol. The van der Waals surface area contributed by atoms with Crippen molar-refractivity contribution in [2.45, 2.75) is 12.5 Å². The van der Waals surface area contributed by atoms with Crippen molar-refractivity contribution in [3.8, 4) is 11.5 Å². The van der Waals surface area contributed by atoms with Gasteiger partial charge in [0, 0.05) is 5.02 Å². The number of hydrogen-bond acceptors (Lipinski definition) is 5. The monoisotopic (exact) mass is 346 g/mol. The maximum absolute atomic E-state index is 12.3. The zero-order valence-corrected chi connectivity index (χ0v) is 13.6. The summed E-state index contributed by atoms with van der Waals surface area (Å²) in [6, 6.07) is 11.2. The van der Waals surface area contributed by atoms with Gasteiger partial charge in [0.25, 0.3) is 0 Å². The van der Waals surface area contributed by atoms with Crippen LogP contribution in [0.3, 0.4) is 0 Å². The number of ether oxygens (including phenoxy) is 2. The number of carbonyl (C=O) groups excluding carboxylic acids is 2. The summed E-state index contributed by atoms with van der Waals surface area (Å²) in [7, 11) is 1.50. The molecule has 0 bridgehead atoms. The highest BCUT2D eigenvalue weighted by Crippen LogP contribution is 2.30. The number of carbonyl (C=O) groups is 2. The first kappa shape index (κ1) is 16.1. The molecule has 1 unspecified atom stereocenters. The lowest BCUT2D eigenvalue weighted by molar-refractivity contribution is -0.137. The molecule has 2 aromatic carbocycles. The Kier molecular flexibility index (Phi) is 4.57. The number of fused-ring (bicyclic) bond motifs is 1. The Morgan fingerprint density at radius 1 is 1.33 bits per heavy atom. The molecule has 0 aromatic heterocycles. The Balaban J connectivity index is 1.70. The van der Waals surface area contributed by atoms with Crippen LogP contribution in [0.2, 0.25) is 5.02 Å². The van der Waals surface area contributed by atoms with Gasteiger partial charge in [0.15, 0.2) is 5.75 Å². The van der Waals surface area contributed by atoms with Crippen LogP contribution in [-0.4, -0.2) is 25.0 Å². The lowest BCUT2D eigenvalue weighted by Gasteiger charge is -2.25. The Bertz CT molecular complexity index is 794. The molecule has 0 saturated carbocycles. The molecule has 0 saturated heterocycles. The van der Waals surface area contributed by atoms with Crippen molar-refractivity contribution in [3.63, 3.8) is 0 Å². The molecule has 0 spiro atoms. The Morgan fingerprint density at radius 2 is 2.12 bits per heavy atom. The van der Waals surface area contributed by atoms with Crippen LogP contribution in [0.4, 0.5) is 11.4 Å². The number of methoxy groups -OCH3 is 1. The fourth-order valence-electron chi connectivity index (χ4n) is 2.40. The van der Waals surface area contributed by atoms with Crippen molar-refractivity contribution in [1.29, 1.82) is 0 Å². The van der Waals surface area contributed by atoms with Crippen molar-refractivity contribution in [1.82, 2.24) is 0 Å². The van der Waals surface area contributed by atoms with E-state index in [0.29, 0.717) is 27.9 Å². The van der Waals surface area contributed by atoms with Gasteiger partial charge in [-0.15, -0.1) is 0 Å². The Hall–Kier alpha value is -2.73. The number of anilines is 2. The van der Waals surface area contributed by atoms with E-state index in [9.17, 15) is 9.59 Å². The molecule has 1 aliphatic heterocycles. The molecule has 2 N–H and O–H groups in total. The second-order valence-corrected chi connectivity index (χ2v) is 5.65. The van der Waals surface area contributed by atoms with Gasteiger partial charge in [0.1, 0.15) is 11.8 Å². The lowest BCUT2D eigenvalue weighted by atomic mass is 10.1. The number of rotatable bonds is 4. The summed E-state index contributed by atoms with van der Waals surface area (Å²) in [4.78, 5) is 24.3. The van der Waals surface area contributed by atoms with E-state index in [4.69, 9.17) is 21.1 Å². The standard InChI is InChI=1S/C17H15ClN2O4/c1-23-14-7-6-10(18)8-12(14)20-16(21)9-13-17(22)24-15-5-3-2-4-11(15)19-13/h2-8,13,19H,9H2,1H3,(H,20,21). The molecule has 1 heterocycles. The van der Waals surface area contributed by atoms with Gasteiger partial charge in [0.05, 0.1) is 24.9 Å². The zero-order valence-electron chi connectivity index (χ0n) is 12.8. The van der Waals surface area contributed by atoms with Gasteiger partial charge >= 0.3 is 5.97 Å². The molecule has 1 aliphatic rings. The average molecular weight is 347 g/mol. The molecule has 124 valence electrons. The van der Waals surface area contributed by atoms with Crippen LogP contribution in [0.15, 0.2) is 42.5 Å². The average Bonchev–Trinajstić information content (AvgIpc) is 2.55. The maximum atomic E-state index is 12.3. The minimum absolute atomic E-state index is 0.0805. The van der Waals surface area contributed by atoms with Gasteiger partial charge in [-0.1, -0.05) is 23.7 Å². The molecule has 24 heavy (non-hydrogen) atoms. The topological polar surface area (TPSA) is 76.7 Å². The second kappa shape index (κ2) is 6.80. The summed E-state index contributed by atoms with van der Waals surface area (Å²) in [6.45, 7) is 0. The molecule has 0 aliphatic carbocycles. The number of para-hydroxylation sites is 2. The van der Waals surface area contributed by atoms with Crippen molar-refractivity contribution >= 4 is 34.9 Å². The molecule has 2 aromatic rings. The van der Waals surface area contributed by atoms with Gasteiger partial charge < -0.3 is 20.1 Å². The molecule has 1 amide bonds. The molecule has 6 nitrogen and oxygen atoms in total. The van der Waals surface area contributed by atoms with Gasteiger partial charge in [-0.05, 0) is 30.3 Å². The fraction of sp³-hybridized carbons (Fsp3) is 0.176. The van der Waals surface area contributed by atoms with Crippen molar-refractivity contribution < 1.29 is 19.1 Å². The van der Waals surface area contributed by atoms with Crippen LogP contribution in [0.5, 0.6) is 11.5 Å². The summed E-state index contributed by atoms with van der Waals surface area (Å²) in [5, 5.41) is 6.18. The third-order valence-electron chi connectivity index (χ3n) is 3.54. The first-order chi connectivity index (χ1) is 11.6. The normalized spacial score (nSPS) is 15.8. The third-order valence-corrected chi connectivity index (χ3v) is 3.77. The molecular formula is C17H15ClN2O4. The third kappa shape index (κ3) is 3.44. The van der Waals surface area contributed by atoms with E-state index in [2.05, 4.69) is 10.6 Å². The first-order valence-electron chi connectivity index (χ1n) is 7.27. The van der Waals surface area contributed by atoms with E-state index in [1.165, 1.54) is 7.11 Å². The second-order valence-electron chi connectivity index (χ2n) is 5.21. The number of esters is 1. The molecule has 1 atom stereocenters. The van der Waals surface area contributed by atoms with E-state index in [0.717, 1.165) is 0 Å². The van der Waals surface area contributed by atoms with E-state index in [1.807, 2.05) is 6.07 Å². The summed E-state index contributed by atoms with van der Waals surface area (Å²) >= 11 is 5.94. The number of hydrogen-bond donors (Lipinski definition) is 2. The summed E-state index contributed by atoms with van der Waals surface area (Å²) in [5.74, 6) is 0.0826. The number of halogens is 1. The van der Waals surface area contributed by atoms with Crippen molar-refractivity contribution in [2.24, 2.45) is 0 Å². The Labute approximate surface area is 143 Å².